The van der Waals surface area contributed by atoms with Crippen molar-refractivity contribution >= 4 is 12.0 Å². The van der Waals surface area contributed by atoms with Crippen molar-refractivity contribution in [2.45, 2.75) is 58.6 Å². The lowest BCUT2D eigenvalue weighted by Crippen LogP contribution is -2.49. The molecule has 0 spiro atoms. The largest absolute Gasteiger partial charge is 0.444 e. The minimum Gasteiger partial charge on any atom is -0.444 e. The van der Waals surface area contributed by atoms with Gasteiger partial charge in [0.2, 0.25) is 5.95 Å². The number of ether oxygens (including phenoxy) is 1. The standard InChI is InChI=1S/C16H26N4O2/c1-12-8-9-17-14(19-12)18-11-13-7-5-6-10-20(13)15(21)22-16(2,3)4/h8-9,13H,5-7,10-11H2,1-4H3,(H,17,18,19)/t13-/m0/s1. The second-order valence-electron chi connectivity index (χ2n) is 6.73. The van der Waals surface area contributed by atoms with Gasteiger partial charge in [0.1, 0.15) is 5.60 Å². The van der Waals surface area contributed by atoms with E-state index < -0.39 is 5.60 Å². The lowest BCUT2D eigenvalue weighted by molar-refractivity contribution is 0.0114. The molecule has 1 aliphatic rings. The molecule has 6 nitrogen and oxygen atoms in total. The van der Waals surface area contributed by atoms with Gasteiger partial charge >= 0.3 is 6.09 Å². The van der Waals surface area contributed by atoms with Gasteiger partial charge in [-0.25, -0.2) is 14.8 Å². The number of piperidine rings is 1. The molecule has 2 rings (SSSR count). The van der Waals surface area contributed by atoms with E-state index in [2.05, 4.69) is 15.3 Å². The maximum Gasteiger partial charge on any atom is 0.410 e. The highest BCUT2D eigenvalue weighted by Gasteiger charge is 2.30. The molecule has 1 aromatic rings. The summed E-state index contributed by atoms with van der Waals surface area (Å²) in [6, 6.07) is 1.98. The maximum absolute atomic E-state index is 12.3. The third-order valence-corrected chi connectivity index (χ3v) is 3.55. The van der Waals surface area contributed by atoms with Crippen LogP contribution in [0.1, 0.15) is 45.7 Å². The first-order valence-corrected chi connectivity index (χ1v) is 7.88. The number of likely N-dealkylation sites (tertiary alicyclic amines) is 1. The summed E-state index contributed by atoms with van der Waals surface area (Å²) in [5.41, 5.74) is 0.455. The van der Waals surface area contributed by atoms with Crippen molar-refractivity contribution in [3.63, 3.8) is 0 Å². The molecule has 0 aromatic carbocycles. The van der Waals surface area contributed by atoms with Gasteiger partial charge in [-0.2, -0.15) is 0 Å². The summed E-state index contributed by atoms with van der Waals surface area (Å²) < 4.78 is 5.51. The fraction of sp³-hybridized carbons (Fsp3) is 0.688. The molecule has 1 saturated heterocycles. The van der Waals surface area contributed by atoms with Crippen LogP contribution in [-0.2, 0) is 4.74 Å². The van der Waals surface area contributed by atoms with Gasteiger partial charge in [-0.1, -0.05) is 0 Å². The highest BCUT2D eigenvalue weighted by molar-refractivity contribution is 5.68. The van der Waals surface area contributed by atoms with E-state index >= 15 is 0 Å². The molecule has 122 valence electrons. The fourth-order valence-electron chi connectivity index (χ4n) is 2.52. The van der Waals surface area contributed by atoms with Crippen molar-refractivity contribution in [3.05, 3.63) is 18.0 Å². The number of hydrogen-bond donors (Lipinski definition) is 1. The van der Waals surface area contributed by atoms with Crippen molar-refractivity contribution in [2.75, 3.05) is 18.4 Å². The summed E-state index contributed by atoms with van der Waals surface area (Å²) in [5.74, 6) is 0.606. The first-order valence-electron chi connectivity index (χ1n) is 7.88. The predicted octanol–water partition coefficient (Wildman–Crippen LogP) is 2.99. The van der Waals surface area contributed by atoms with Crippen LogP contribution in [0.25, 0.3) is 0 Å². The second kappa shape index (κ2) is 6.94. The number of nitrogens with zero attached hydrogens (tertiary/aromatic N) is 3. The lowest BCUT2D eigenvalue weighted by Gasteiger charge is -2.36. The van der Waals surface area contributed by atoms with E-state index in [0.717, 1.165) is 31.5 Å². The molecule has 1 N–H and O–H groups in total. The smallest absolute Gasteiger partial charge is 0.410 e. The Morgan fingerprint density at radius 1 is 1.45 bits per heavy atom. The van der Waals surface area contributed by atoms with Crippen molar-refractivity contribution < 1.29 is 9.53 Å². The molecule has 0 aliphatic carbocycles. The lowest BCUT2D eigenvalue weighted by atomic mass is 10.0. The van der Waals surface area contributed by atoms with Crippen LogP contribution in [-0.4, -0.2) is 45.7 Å². The van der Waals surface area contributed by atoms with Gasteiger partial charge in [-0.05, 0) is 53.0 Å². The molecular formula is C16H26N4O2. The summed E-state index contributed by atoms with van der Waals surface area (Å²) in [6.07, 6.45) is 4.62. The zero-order valence-electron chi connectivity index (χ0n) is 13.9. The van der Waals surface area contributed by atoms with Crippen molar-refractivity contribution in [3.8, 4) is 0 Å². The van der Waals surface area contributed by atoms with Crippen LogP contribution >= 0.6 is 0 Å². The topological polar surface area (TPSA) is 67.4 Å². The summed E-state index contributed by atoms with van der Waals surface area (Å²) in [4.78, 5) is 22.7. The zero-order valence-corrected chi connectivity index (χ0v) is 13.9. The second-order valence-corrected chi connectivity index (χ2v) is 6.73. The maximum atomic E-state index is 12.3. The van der Waals surface area contributed by atoms with Gasteiger partial charge in [0.05, 0.1) is 6.04 Å². The Morgan fingerprint density at radius 3 is 2.91 bits per heavy atom. The average molecular weight is 306 g/mol. The molecular weight excluding hydrogens is 280 g/mol. The average Bonchev–Trinajstić information content (AvgIpc) is 2.44. The van der Waals surface area contributed by atoms with E-state index in [1.807, 2.05) is 38.7 Å². The molecule has 1 amide bonds. The molecule has 1 atom stereocenters. The molecule has 0 saturated carbocycles. The van der Waals surface area contributed by atoms with Crippen LogP contribution in [0.3, 0.4) is 0 Å². The number of aryl methyl sites for hydroxylation is 1. The van der Waals surface area contributed by atoms with Crippen LogP contribution < -0.4 is 5.32 Å². The van der Waals surface area contributed by atoms with Crippen LogP contribution in [0.4, 0.5) is 10.7 Å². The number of nitrogens with one attached hydrogen (secondary N) is 1. The number of aromatic nitrogens is 2. The van der Waals surface area contributed by atoms with E-state index in [9.17, 15) is 4.79 Å². The number of carbonyl (C=O) groups is 1. The Bertz CT molecular complexity index is 513. The first-order chi connectivity index (χ1) is 10.3. The summed E-state index contributed by atoms with van der Waals surface area (Å²) in [6.45, 7) is 8.99. The molecule has 2 heterocycles. The zero-order chi connectivity index (χ0) is 16.2. The Hall–Kier alpha value is -1.85. The highest BCUT2D eigenvalue weighted by Crippen LogP contribution is 2.20. The van der Waals surface area contributed by atoms with E-state index in [0.29, 0.717) is 12.5 Å². The third kappa shape index (κ3) is 4.86. The molecule has 0 unspecified atom stereocenters. The van der Waals surface area contributed by atoms with Gasteiger partial charge in [0.25, 0.3) is 0 Å². The molecule has 6 heteroatoms. The normalized spacial score (nSPS) is 18.9. The number of rotatable bonds is 3. The van der Waals surface area contributed by atoms with E-state index in [4.69, 9.17) is 4.74 Å². The van der Waals surface area contributed by atoms with Gasteiger partial charge in [-0.15, -0.1) is 0 Å². The summed E-state index contributed by atoms with van der Waals surface area (Å²) in [5, 5.41) is 3.23. The Labute approximate surface area is 132 Å². The number of amides is 1. The highest BCUT2D eigenvalue weighted by atomic mass is 16.6. The SMILES string of the molecule is Cc1ccnc(NC[C@@H]2CCCCN2C(=O)OC(C)(C)C)n1. The third-order valence-electron chi connectivity index (χ3n) is 3.55. The van der Waals surface area contributed by atoms with Crippen LogP contribution in [0.15, 0.2) is 12.3 Å². The van der Waals surface area contributed by atoms with Gasteiger partial charge in [-0.3, -0.25) is 0 Å². The fourth-order valence-corrected chi connectivity index (χ4v) is 2.52. The Balaban J connectivity index is 1.96. The van der Waals surface area contributed by atoms with Gasteiger partial charge < -0.3 is 15.0 Å². The molecule has 1 aliphatic heterocycles. The molecule has 1 aromatic heterocycles. The molecule has 1 fully saturated rings. The quantitative estimate of drug-likeness (QED) is 0.930. The first kappa shape index (κ1) is 16.5. The Kier molecular flexibility index (Phi) is 5.21. The molecule has 22 heavy (non-hydrogen) atoms. The van der Waals surface area contributed by atoms with Gasteiger partial charge in [0, 0.05) is 25.0 Å². The van der Waals surface area contributed by atoms with E-state index in [1.165, 1.54) is 0 Å². The van der Waals surface area contributed by atoms with Gasteiger partial charge in [0.15, 0.2) is 0 Å². The summed E-state index contributed by atoms with van der Waals surface area (Å²) in [7, 11) is 0. The van der Waals surface area contributed by atoms with Crippen molar-refractivity contribution in [1.29, 1.82) is 0 Å². The van der Waals surface area contributed by atoms with E-state index in [-0.39, 0.29) is 12.1 Å². The Morgan fingerprint density at radius 2 is 2.23 bits per heavy atom. The van der Waals surface area contributed by atoms with Crippen molar-refractivity contribution in [2.24, 2.45) is 0 Å². The molecule has 0 bridgehead atoms. The minimum absolute atomic E-state index is 0.118. The monoisotopic (exact) mass is 306 g/mol. The number of anilines is 1. The van der Waals surface area contributed by atoms with Crippen LogP contribution in [0.2, 0.25) is 0 Å². The number of carbonyl (C=O) groups excluding carboxylic acids is 1. The molecule has 0 radical (unpaired) electrons. The van der Waals surface area contributed by atoms with Crippen LogP contribution in [0.5, 0.6) is 0 Å². The minimum atomic E-state index is -0.466. The summed E-state index contributed by atoms with van der Waals surface area (Å²) >= 11 is 0. The van der Waals surface area contributed by atoms with Crippen molar-refractivity contribution in [1.82, 2.24) is 14.9 Å². The van der Waals surface area contributed by atoms with E-state index in [1.54, 1.807) is 6.20 Å². The van der Waals surface area contributed by atoms with Crippen LogP contribution in [0, 0.1) is 6.92 Å². The number of hydrogen-bond acceptors (Lipinski definition) is 5. The predicted molar refractivity (Wildman–Crippen MR) is 85.8 cm³/mol.